The van der Waals surface area contributed by atoms with Crippen molar-refractivity contribution in [1.29, 1.82) is 0 Å². The minimum absolute atomic E-state index is 0. The number of rotatable bonds is 5. The van der Waals surface area contributed by atoms with Gasteiger partial charge in [-0.3, -0.25) is 29.4 Å². The molecular formula is C25H26N2O5. The Hall–Kier alpha value is -3.48. The number of piperidine rings is 1. The van der Waals surface area contributed by atoms with E-state index in [9.17, 15) is 19.2 Å². The topological polar surface area (TPSA) is 92.8 Å². The molecule has 2 aromatic rings. The van der Waals surface area contributed by atoms with Crippen molar-refractivity contribution in [3.05, 3.63) is 64.7 Å². The fourth-order valence-electron chi connectivity index (χ4n) is 4.96. The summed E-state index contributed by atoms with van der Waals surface area (Å²) in [5.41, 5.74) is 3.26. The monoisotopic (exact) mass is 434 g/mol. The Balaban J connectivity index is 0.00000259. The van der Waals surface area contributed by atoms with Crippen LogP contribution in [0.5, 0.6) is 5.75 Å². The first kappa shape index (κ1) is 20.4. The number of hydrogen-bond acceptors (Lipinski definition) is 5. The molecule has 3 aliphatic rings. The molecule has 2 aliphatic heterocycles. The summed E-state index contributed by atoms with van der Waals surface area (Å²) in [5, 5.41) is 2.21. The van der Waals surface area contributed by atoms with Crippen molar-refractivity contribution in [3.63, 3.8) is 0 Å². The molecular weight excluding hydrogens is 408 g/mol. The molecule has 2 aromatic carbocycles. The normalized spacial score (nSPS) is 22.4. The van der Waals surface area contributed by atoms with Gasteiger partial charge < -0.3 is 4.74 Å². The van der Waals surface area contributed by atoms with Crippen LogP contribution in [0.15, 0.2) is 42.5 Å². The van der Waals surface area contributed by atoms with Crippen molar-refractivity contribution in [1.82, 2.24) is 10.2 Å². The predicted molar refractivity (Wildman–Crippen MR) is 117 cm³/mol. The van der Waals surface area contributed by atoms with Gasteiger partial charge in [0.25, 0.3) is 11.8 Å². The van der Waals surface area contributed by atoms with Gasteiger partial charge in [-0.15, -0.1) is 0 Å². The van der Waals surface area contributed by atoms with Crippen molar-refractivity contribution >= 4 is 23.6 Å². The van der Waals surface area contributed by atoms with Gasteiger partial charge in [-0.1, -0.05) is 30.3 Å². The molecule has 1 saturated heterocycles. The van der Waals surface area contributed by atoms with E-state index >= 15 is 0 Å². The summed E-state index contributed by atoms with van der Waals surface area (Å²) in [6.07, 6.45) is 4.28. The highest BCUT2D eigenvalue weighted by Gasteiger charge is 2.46. The van der Waals surface area contributed by atoms with Crippen molar-refractivity contribution in [3.8, 4) is 5.75 Å². The summed E-state index contributed by atoms with van der Waals surface area (Å²) >= 11 is 0. The summed E-state index contributed by atoms with van der Waals surface area (Å²) in [5.74, 6) is -1.19. The molecule has 2 atom stereocenters. The first-order valence-electron chi connectivity index (χ1n) is 11.1. The zero-order valence-corrected chi connectivity index (χ0v) is 17.6. The van der Waals surface area contributed by atoms with Crippen molar-refractivity contribution < 1.29 is 25.3 Å². The molecule has 2 unspecified atom stereocenters. The maximum absolute atomic E-state index is 13.1. The predicted octanol–water partition coefficient (Wildman–Crippen LogP) is 2.91. The average molecular weight is 434 g/mol. The zero-order valence-electron chi connectivity index (χ0n) is 17.6. The van der Waals surface area contributed by atoms with E-state index in [-0.39, 0.29) is 25.4 Å². The second-order valence-corrected chi connectivity index (χ2v) is 8.64. The highest BCUT2D eigenvalue weighted by atomic mass is 16.5. The van der Waals surface area contributed by atoms with Crippen LogP contribution in [-0.2, 0) is 22.4 Å². The first-order valence-corrected chi connectivity index (χ1v) is 11.1. The van der Waals surface area contributed by atoms with E-state index in [1.807, 2.05) is 0 Å². The number of benzene rings is 2. The van der Waals surface area contributed by atoms with Crippen LogP contribution in [-0.4, -0.2) is 41.2 Å². The number of ether oxygens (including phenoxy) is 1. The lowest BCUT2D eigenvalue weighted by Gasteiger charge is -2.27. The minimum atomic E-state index is -0.977. The van der Waals surface area contributed by atoms with Gasteiger partial charge in [-0.25, -0.2) is 0 Å². The number of fused-ring (bicyclic) bond motifs is 2. The first-order chi connectivity index (χ1) is 15.5. The SMILES string of the molecule is O=C1CCC(N2C(=O)c3cccc(OCCC4CCc5ccccc5C4)c3C2=O)C(=O)N1.[HH]. The summed E-state index contributed by atoms with van der Waals surface area (Å²) in [6, 6.07) is 12.5. The number of carbonyl (C=O) groups excluding carboxylic acids is 4. The van der Waals surface area contributed by atoms with E-state index in [1.165, 1.54) is 11.1 Å². The second-order valence-electron chi connectivity index (χ2n) is 8.64. The van der Waals surface area contributed by atoms with Crippen LogP contribution < -0.4 is 10.1 Å². The lowest BCUT2D eigenvalue weighted by molar-refractivity contribution is -0.136. The average Bonchev–Trinajstić information content (AvgIpc) is 3.05. The molecule has 0 spiro atoms. The zero-order chi connectivity index (χ0) is 22.2. The molecule has 0 bridgehead atoms. The molecule has 0 saturated carbocycles. The number of nitrogens with zero attached hydrogens (tertiary/aromatic N) is 1. The van der Waals surface area contributed by atoms with E-state index in [0.29, 0.717) is 18.3 Å². The number of amides is 4. The Kier molecular flexibility index (Phi) is 5.25. The molecule has 1 N–H and O–H groups in total. The third-order valence-corrected chi connectivity index (χ3v) is 6.66. The maximum Gasteiger partial charge on any atom is 0.266 e. The van der Waals surface area contributed by atoms with E-state index in [1.54, 1.807) is 18.2 Å². The van der Waals surface area contributed by atoms with Crippen LogP contribution in [0, 0.1) is 5.92 Å². The Morgan fingerprint density at radius 2 is 1.75 bits per heavy atom. The van der Waals surface area contributed by atoms with Crippen LogP contribution >= 0.6 is 0 Å². The number of nitrogens with one attached hydrogen (secondary N) is 1. The van der Waals surface area contributed by atoms with E-state index in [2.05, 4.69) is 29.6 Å². The fourth-order valence-corrected chi connectivity index (χ4v) is 4.96. The Morgan fingerprint density at radius 1 is 0.938 bits per heavy atom. The number of hydrogen-bond donors (Lipinski definition) is 1. The van der Waals surface area contributed by atoms with Crippen molar-refractivity contribution in [2.45, 2.75) is 44.6 Å². The van der Waals surface area contributed by atoms with Gasteiger partial charge in [0.2, 0.25) is 11.8 Å². The number of imide groups is 2. The van der Waals surface area contributed by atoms with Crippen molar-refractivity contribution in [2.75, 3.05) is 6.61 Å². The van der Waals surface area contributed by atoms with Crippen LogP contribution in [0.2, 0.25) is 0 Å². The van der Waals surface area contributed by atoms with Gasteiger partial charge in [-0.05, 0) is 61.3 Å². The molecule has 1 fully saturated rings. The Bertz CT molecular complexity index is 1130. The van der Waals surface area contributed by atoms with Gasteiger partial charge >= 0.3 is 0 Å². The molecule has 1 aliphatic carbocycles. The smallest absolute Gasteiger partial charge is 0.266 e. The number of aryl methyl sites for hydroxylation is 1. The molecule has 0 radical (unpaired) electrons. The lowest BCUT2D eigenvalue weighted by atomic mass is 9.82. The summed E-state index contributed by atoms with van der Waals surface area (Å²) in [4.78, 5) is 50.7. The van der Waals surface area contributed by atoms with Gasteiger partial charge in [0.15, 0.2) is 0 Å². The van der Waals surface area contributed by atoms with Gasteiger partial charge in [0, 0.05) is 7.85 Å². The standard InChI is InChI=1S/C25H24N2O5.H2/c28-21-11-10-19(23(29)26-21)27-24(30)18-6-3-7-20(22(18)25(27)31)32-13-12-15-8-9-16-4-1-2-5-17(16)14-15;/h1-7,15,19H,8-14H2,(H,26,28,29);1H. The molecule has 7 heteroatoms. The van der Waals surface area contributed by atoms with E-state index in [4.69, 9.17) is 4.74 Å². The maximum atomic E-state index is 13.1. The summed E-state index contributed by atoms with van der Waals surface area (Å²) in [7, 11) is 0. The van der Waals surface area contributed by atoms with E-state index in [0.717, 1.165) is 30.6 Å². The van der Waals surface area contributed by atoms with E-state index < -0.39 is 29.7 Å². The Labute approximate surface area is 187 Å². The summed E-state index contributed by atoms with van der Waals surface area (Å²) < 4.78 is 5.98. The lowest BCUT2D eigenvalue weighted by Crippen LogP contribution is -2.54. The van der Waals surface area contributed by atoms with Crippen LogP contribution in [0.4, 0.5) is 0 Å². The van der Waals surface area contributed by atoms with Gasteiger partial charge in [0.1, 0.15) is 11.8 Å². The minimum Gasteiger partial charge on any atom is -0.493 e. The molecule has 2 heterocycles. The molecule has 166 valence electrons. The van der Waals surface area contributed by atoms with Crippen LogP contribution in [0.3, 0.4) is 0 Å². The van der Waals surface area contributed by atoms with Crippen LogP contribution in [0.25, 0.3) is 0 Å². The summed E-state index contributed by atoms with van der Waals surface area (Å²) in [6.45, 7) is 0.448. The largest absolute Gasteiger partial charge is 0.493 e. The Morgan fingerprint density at radius 3 is 2.56 bits per heavy atom. The molecule has 7 nitrogen and oxygen atoms in total. The molecule has 32 heavy (non-hydrogen) atoms. The van der Waals surface area contributed by atoms with Crippen LogP contribution in [0.1, 0.15) is 59.0 Å². The third-order valence-electron chi connectivity index (χ3n) is 6.66. The fraction of sp³-hybridized carbons (Fsp3) is 0.360. The molecule has 5 rings (SSSR count). The molecule has 4 amide bonds. The van der Waals surface area contributed by atoms with Gasteiger partial charge in [0.05, 0.1) is 17.7 Å². The highest BCUT2D eigenvalue weighted by molar-refractivity contribution is 6.24. The van der Waals surface area contributed by atoms with Crippen molar-refractivity contribution in [2.24, 2.45) is 5.92 Å². The second kappa shape index (κ2) is 8.22. The molecule has 0 aromatic heterocycles. The quantitative estimate of drug-likeness (QED) is 0.731. The highest BCUT2D eigenvalue weighted by Crippen LogP contribution is 2.34. The van der Waals surface area contributed by atoms with Gasteiger partial charge in [-0.2, -0.15) is 0 Å². The third kappa shape index (κ3) is 3.57. The number of carbonyl (C=O) groups is 4.